The molecule has 0 bridgehead atoms. The molecule has 0 radical (unpaired) electrons. The monoisotopic (exact) mass is 274 g/mol. The summed E-state index contributed by atoms with van der Waals surface area (Å²) in [5.41, 5.74) is 2.29. The fourth-order valence-corrected chi connectivity index (χ4v) is 2.60. The van der Waals surface area contributed by atoms with Crippen LogP contribution in [0.25, 0.3) is 11.3 Å². The topological polar surface area (TPSA) is 44.1 Å². The number of hydrogen-bond donors (Lipinski definition) is 0. The summed E-state index contributed by atoms with van der Waals surface area (Å²) in [7, 11) is 0. The number of esters is 1. The molecular weight excluding hydrogens is 259 g/mol. The minimum Gasteiger partial charge on any atom is -0.422 e. The van der Waals surface area contributed by atoms with Crippen molar-refractivity contribution in [3.63, 3.8) is 0 Å². The molecule has 0 aliphatic carbocycles. The maximum Gasteiger partial charge on any atom is 0.308 e. The average molecular weight is 274 g/mol. The molecule has 0 saturated heterocycles. The Labute approximate surface area is 116 Å². The van der Waals surface area contributed by atoms with Crippen molar-refractivity contribution in [1.82, 2.24) is 9.78 Å². The van der Waals surface area contributed by atoms with E-state index in [-0.39, 0.29) is 11.8 Å². The van der Waals surface area contributed by atoms with E-state index in [9.17, 15) is 9.18 Å². The molecule has 4 nitrogen and oxygen atoms in total. The van der Waals surface area contributed by atoms with E-state index in [0.29, 0.717) is 17.4 Å². The van der Waals surface area contributed by atoms with Crippen molar-refractivity contribution in [2.24, 2.45) is 0 Å². The number of halogens is 1. The van der Waals surface area contributed by atoms with E-state index in [1.165, 1.54) is 19.1 Å². The van der Waals surface area contributed by atoms with E-state index in [1.807, 2.05) is 4.68 Å². The van der Waals surface area contributed by atoms with Crippen LogP contribution in [0.5, 0.6) is 5.75 Å². The minimum atomic E-state index is -0.372. The van der Waals surface area contributed by atoms with Gasteiger partial charge in [-0.3, -0.25) is 9.48 Å². The lowest BCUT2D eigenvalue weighted by Crippen LogP contribution is -2.04. The van der Waals surface area contributed by atoms with E-state index in [2.05, 4.69) is 12.0 Å². The van der Waals surface area contributed by atoms with Gasteiger partial charge in [0.15, 0.2) is 5.75 Å². The zero-order chi connectivity index (χ0) is 14.3. The van der Waals surface area contributed by atoms with Gasteiger partial charge in [0.2, 0.25) is 0 Å². The molecule has 1 unspecified atom stereocenters. The van der Waals surface area contributed by atoms with Crippen LogP contribution in [0.1, 0.15) is 31.9 Å². The van der Waals surface area contributed by atoms with Gasteiger partial charge < -0.3 is 4.74 Å². The predicted octanol–water partition coefficient (Wildman–Crippen LogP) is 3.12. The molecule has 5 heteroatoms. The summed E-state index contributed by atoms with van der Waals surface area (Å²) in [6.45, 7) is 4.27. The van der Waals surface area contributed by atoms with Crippen molar-refractivity contribution < 1.29 is 13.9 Å². The Balaban J connectivity index is 2.13. The van der Waals surface area contributed by atoms with E-state index in [0.717, 1.165) is 24.2 Å². The highest BCUT2D eigenvalue weighted by Gasteiger charge is 2.29. The van der Waals surface area contributed by atoms with Crippen molar-refractivity contribution >= 4 is 5.97 Å². The maximum atomic E-state index is 13.0. The second-order valence-corrected chi connectivity index (χ2v) is 5.08. The number of aromatic nitrogens is 2. The van der Waals surface area contributed by atoms with Crippen molar-refractivity contribution in [2.75, 3.05) is 0 Å². The van der Waals surface area contributed by atoms with Crippen LogP contribution in [0.4, 0.5) is 4.39 Å². The summed E-state index contributed by atoms with van der Waals surface area (Å²) < 4.78 is 20.3. The predicted molar refractivity (Wildman–Crippen MR) is 72.0 cm³/mol. The van der Waals surface area contributed by atoms with Gasteiger partial charge in [-0.15, -0.1) is 0 Å². The summed E-state index contributed by atoms with van der Waals surface area (Å²) in [4.78, 5) is 11.3. The molecule has 2 heterocycles. The summed E-state index contributed by atoms with van der Waals surface area (Å²) in [6, 6.07) is 6.04. The summed E-state index contributed by atoms with van der Waals surface area (Å²) in [5.74, 6) is 0.131. The van der Waals surface area contributed by atoms with Gasteiger partial charge in [-0.05, 0) is 30.7 Å². The molecule has 20 heavy (non-hydrogen) atoms. The number of ether oxygens (including phenoxy) is 1. The van der Waals surface area contributed by atoms with Crippen LogP contribution < -0.4 is 4.74 Å². The molecule has 0 saturated carbocycles. The molecule has 104 valence electrons. The molecule has 1 aliphatic heterocycles. The summed E-state index contributed by atoms with van der Waals surface area (Å²) >= 11 is 0. The van der Waals surface area contributed by atoms with Crippen molar-refractivity contribution in [3.05, 3.63) is 35.8 Å². The van der Waals surface area contributed by atoms with Gasteiger partial charge in [0.25, 0.3) is 0 Å². The standard InChI is InChI=1S/C15H15FN2O2/c1-9-7-8-18-14(9)15(20-10(2)19)13(17-18)11-3-5-12(16)6-4-11/h3-6,9H,7-8H2,1-2H3. The fraction of sp³-hybridized carbons (Fsp3) is 0.333. The Kier molecular flexibility index (Phi) is 3.04. The lowest BCUT2D eigenvalue weighted by Gasteiger charge is -2.07. The van der Waals surface area contributed by atoms with Crippen molar-refractivity contribution in [1.29, 1.82) is 0 Å². The Bertz CT molecular complexity index is 661. The first-order valence-electron chi connectivity index (χ1n) is 6.61. The molecule has 0 amide bonds. The number of hydrogen-bond acceptors (Lipinski definition) is 3. The molecule has 1 aromatic heterocycles. The first kappa shape index (κ1) is 12.8. The number of fused-ring (bicyclic) bond motifs is 1. The molecule has 1 atom stereocenters. The van der Waals surface area contributed by atoms with Crippen LogP contribution in [-0.2, 0) is 11.3 Å². The van der Waals surface area contributed by atoms with Crippen molar-refractivity contribution in [3.8, 4) is 17.0 Å². The molecule has 0 fully saturated rings. The lowest BCUT2D eigenvalue weighted by atomic mass is 10.0. The number of nitrogens with zero attached hydrogens (tertiary/aromatic N) is 2. The lowest BCUT2D eigenvalue weighted by molar-refractivity contribution is -0.131. The minimum absolute atomic E-state index is 0.297. The van der Waals surface area contributed by atoms with Crippen molar-refractivity contribution in [2.45, 2.75) is 32.7 Å². The third kappa shape index (κ3) is 2.09. The van der Waals surface area contributed by atoms with E-state index in [1.54, 1.807) is 12.1 Å². The highest BCUT2D eigenvalue weighted by Crippen LogP contribution is 2.41. The number of rotatable bonds is 2. The zero-order valence-corrected chi connectivity index (χ0v) is 11.4. The second kappa shape index (κ2) is 4.74. The highest BCUT2D eigenvalue weighted by molar-refractivity contribution is 5.76. The highest BCUT2D eigenvalue weighted by atomic mass is 19.1. The smallest absolute Gasteiger partial charge is 0.308 e. The van der Waals surface area contributed by atoms with Crippen LogP contribution in [0.2, 0.25) is 0 Å². The Morgan fingerprint density at radius 2 is 2.10 bits per heavy atom. The van der Waals surface area contributed by atoms with E-state index < -0.39 is 0 Å². The zero-order valence-electron chi connectivity index (χ0n) is 11.4. The molecule has 3 rings (SSSR count). The molecule has 1 aliphatic rings. The van der Waals surface area contributed by atoms with Gasteiger partial charge in [-0.25, -0.2) is 4.39 Å². The largest absolute Gasteiger partial charge is 0.422 e. The summed E-state index contributed by atoms with van der Waals surface area (Å²) in [6.07, 6.45) is 0.986. The Morgan fingerprint density at radius 1 is 1.40 bits per heavy atom. The number of benzene rings is 1. The first-order chi connectivity index (χ1) is 9.56. The van der Waals surface area contributed by atoms with Crippen LogP contribution >= 0.6 is 0 Å². The van der Waals surface area contributed by atoms with Gasteiger partial charge in [0.05, 0.1) is 5.69 Å². The third-order valence-electron chi connectivity index (χ3n) is 3.55. The fourth-order valence-electron chi connectivity index (χ4n) is 2.60. The van der Waals surface area contributed by atoms with Gasteiger partial charge in [-0.2, -0.15) is 5.10 Å². The molecular formula is C15H15FN2O2. The molecule has 1 aromatic carbocycles. The Hall–Kier alpha value is -2.17. The second-order valence-electron chi connectivity index (χ2n) is 5.08. The molecule has 2 aromatic rings. The Morgan fingerprint density at radius 3 is 2.75 bits per heavy atom. The molecule has 0 spiro atoms. The maximum absolute atomic E-state index is 13.0. The SMILES string of the molecule is CC(=O)Oc1c(-c2ccc(F)cc2)nn2c1C(C)CC2. The van der Waals surface area contributed by atoms with E-state index in [4.69, 9.17) is 4.74 Å². The van der Waals surface area contributed by atoms with Gasteiger partial charge in [0.1, 0.15) is 11.5 Å². The van der Waals surface area contributed by atoms with Crippen LogP contribution in [0.3, 0.4) is 0 Å². The van der Waals surface area contributed by atoms with Crippen LogP contribution in [0.15, 0.2) is 24.3 Å². The van der Waals surface area contributed by atoms with Gasteiger partial charge >= 0.3 is 5.97 Å². The summed E-state index contributed by atoms with van der Waals surface area (Å²) in [5, 5.41) is 4.51. The molecule has 0 N–H and O–H groups in total. The number of aryl methyl sites for hydroxylation is 1. The van der Waals surface area contributed by atoms with Crippen LogP contribution in [-0.4, -0.2) is 15.7 Å². The first-order valence-corrected chi connectivity index (χ1v) is 6.61. The van der Waals surface area contributed by atoms with E-state index >= 15 is 0 Å². The van der Waals surface area contributed by atoms with Gasteiger partial charge in [-0.1, -0.05) is 6.92 Å². The average Bonchev–Trinajstić information content (AvgIpc) is 2.92. The quantitative estimate of drug-likeness (QED) is 0.790. The van der Waals surface area contributed by atoms with Gasteiger partial charge in [0, 0.05) is 24.9 Å². The number of carbonyl (C=O) groups excluding carboxylic acids is 1. The number of carbonyl (C=O) groups is 1. The van der Waals surface area contributed by atoms with Crippen LogP contribution in [0, 0.1) is 5.82 Å². The normalized spacial score (nSPS) is 17.1. The third-order valence-corrected chi connectivity index (χ3v) is 3.55.